The topological polar surface area (TPSA) is 102 Å². The second kappa shape index (κ2) is 9.31. The van der Waals surface area contributed by atoms with Crippen LogP contribution >= 0.6 is 11.3 Å². The minimum atomic E-state index is -0.708. The van der Waals surface area contributed by atoms with Crippen molar-refractivity contribution in [3.8, 4) is 11.3 Å². The number of hydrogen-bond acceptors (Lipinski definition) is 6. The quantitative estimate of drug-likeness (QED) is 0.456. The number of carbonyl (C=O) groups excluding carboxylic acids is 2. The molecule has 2 heterocycles. The van der Waals surface area contributed by atoms with Gasteiger partial charge in [-0.3, -0.25) is 9.59 Å². The molecule has 2 amide bonds. The number of nitrogens with one attached hydrogen (secondary N) is 2. The maximum Gasteiger partial charge on any atom is 0.313 e. The van der Waals surface area contributed by atoms with Gasteiger partial charge in [-0.1, -0.05) is 36.4 Å². The Hall–Kier alpha value is -3.85. The first kappa shape index (κ1) is 20.4. The minimum absolute atomic E-state index is 0.262. The summed E-state index contributed by atoms with van der Waals surface area (Å²) < 4.78 is 1.73. The Morgan fingerprint density at radius 1 is 1.00 bits per heavy atom. The summed E-state index contributed by atoms with van der Waals surface area (Å²) in [4.78, 5) is 32.7. The highest BCUT2D eigenvalue weighted by Gasteiger charge is 2.13. The number of amides is 2. The van der Waals surface area contributed by atoms with Crippen molar-refractivity contribution >= 4 is 28.8 Å². The van der Waals surface area contributed by atoms with Crippen molar-refractivity contribution in [1.29, 1.82) is 0 Å². The molecule has 0 spiro atoms. The molecule has 4 aromatic rings. The molecule has 9 heteroatoms. The number of anilines is 1. The van der Waals surface area contributed by atoms with Crippen molar-refractivity contribution in [2.24, 2.45) is 0 Å². The maximum atomic E-state index is 12.2. The number of nitrogens with zero attached hydrogens (tertiary/aromatic N) is 4. The van der Waals surface area contributed by atoms with Gasteiger partial charge in [-0.25, -0.2) is 14.6 Å². The number of thiazole rings is 1. The molecular formula is C22H20N6O2S. The molecule has 8 nitrogen and oxygen atoms in total. The van der Waals surface area contributed by atoms with Crippen LogP contribution in [0.25, 0.3) is 11.3 Å². The molecule has 0 radical (unpaired) electrons. The first-order chi connectivity index (χ1) is 15.1. The van der Waals surface area contributed by atoms with Crippen LogP contribution in [-0.4, -0.2) is 31.6 Å². The molecule has 0 aliphatic carbocycles. The van der Waals surface area contributed by atoms with Crippen LogP contribution in [0.1, 0.15) is 16.1 Å². The van der Waals surface area contributed by atoms with Crippen molar-refractivity contribution in [3.05, 3.63) is 82.7 Å². The standard InChI is InChI=1S/C22H20N6O2S/c1-15-26-20(12-31-15)18-6-8-19(9-7-18)27-22(30)21(29)24-10-16-2-4-17(5-3-16)11-28-14-23-13-25-28/h2-9,12-14H,10-11H2,1H3,(H,24,29)(H,27,30). The number of hydrogen-bond donors (Lipinski definition) is 2. The van der Waals surface area contributed by atoms with Crippen LogP contribution in [0.15, 0.2) is 66.6 Å². The number of benzene rings is 2. The zero-order valence-electron chi connectivity index (χ0n) is 16.8. The van der Waals surface area contributed by atoms with E-state index in [4.69, 9.17) is 0 Å². The Kier molecular flexibility index (Phi) is 6.13. The van der Waals surface area contributed by atoms with Gasteiger partial charge in [0.05, 0.1) is 17.2 Å². The molecule has 0 saturated carbocycles. The van der Waals surface area contributed by atoms with Gasteiger partial charge < -0.3 is 10.6 Å². The van der Waals surface area contributed by atoms with Crippen molar-refractivity contribution in [1.82, 2.24) is 25.1 Å². The molecule has 0 unspecified atom stereocenters. The normalized spacial score (nSPS) is 10.6. The van der Waals surface area contributed by atoms with E-state index >= 15 is 0 Å². The summed E-state index contributed by atoms with van der Waals surface area (Å²) in [7, 11) is 0. The first-order valence-corrected chi connectivity index (χ1v) is 10.5. The lowest BCUT2D eigenvalue weighted by atomic mass is 10.1. The fourth-order valence-corrected chi connectivity index (χ4v) is 3.56. The fourth-order valence-electron chi connectivity index (χ4n) is 2.93. The van der Waals surface area contributed by atoms with Crippen molar-refractivity contribution in [3.63, 3.8) is 0 Å². The molecule has 4 rings (SSSR count). The van der Waals surface area contributed by atoms with Crippen LogP contribution in [0.5, 0.6) is 0 Å². The van der Waals surface area contributed by atoms with Gasteiger partial charge in [-0.2, -0.15) is 5.10 Å². The van der Waals surface area contributed by atoms with Gasteiger partial charge in [0.25, 0.3) is 0 Å². The molecule has 31 heavy (non-hydrogen) atoms. The Morgan fingerprint density at radius 2 is 1.74 bits per heavy atom. The average molecular weight is 433 g/mol. The zero-order chi connectivity index (χ0) is 21.6. The molecule has 156 valence electrons. The van der Waals surface area contributed by atoms with E-state index in [0.717, 1.165) is 27.4 Å². The highest BCUT2D eigenvalue weighted by atomic mass is 32.1. The molecule has 2 aromatic carbocycles. The second-order valence-corrected chi connectivity index (χ2v) is 7.94. The lowest BCUT2D eigenvalue weighted by molar-refractivity contribution is -0.136. The lowest BCUT2D eigenvalue weighted by Crippen LogP contribution is -2.34. The zero-order valence-corrected chi connectivity index (χ0v) is 17.6. The predicted octanol–water partition coefficient (Wildman–Crippen LogP) is 3.01. The molecular weight excluding hydrogens is 412 g/mol. The summed E-state index contributed by atoms with van der Waals surface area (Å²) in [6, 6.07) is 15.0. The van der Waals surface area contributed by atoms with Crippen LogP contribution in [0.3, 0.4) is 0 Å². The third kappa shape index (κ3) is 5.40. The molecule has 2 aromatic heterocycles. The van der Waals surface area contributed by atoms with Gasteiger partial charge >= 0.3 is 11.8 Å². The highest BCUT2D eigenvalue weighted by molar-refractivity contribution is 7.09. The predicted molar refractivity (Wildman–Crippen MR) is 118 cm³/mol. The maximum absolute atomic E-state index is 12.2. The summed E-state index contributed by atoms with van der Waals surface area (Å²) in [6.45, 7) is 2.84. The Labute approximate surface area is 183 Å². The van der Waals surface area contributed by atoms with Gasteiger partial charge in [0.2, 0.25) is 0 Å². The summed E-state index contributed by atoms with van der Waals surface area (Å²) in [5.41, 5.74) is 4.36. The minimum Gasteiger partial charge on any atom is -0.344 e. The van der Waals surface area contributed by atoms with E-state index in [2.05, 4.69) is 25.7 Å². The van der Waals surface area contributed by atoms with Crippen molar-refractivity contribution in [2.75, 3.05) is 5.32 Å². The van der Waals surface area contributed by atoms with E-state index in [1.165, 1.54) is 6.33 Å². The Bertz CT molecular complexity index is 1170. The van der Waals surface area contributed by atoms with Crippen LogP contribution in [0.2, 0.25) is 0 Å². The third-order valence-electron chi connectivity index (χ3n) is 4.55. The number of aromatic nitrogens is 4. The number of carbonyl (C=O) groups is 2. The summed E-state index contributed by atoms with van der Waals surface area (Å²) >= 11 is 1.58. The molecule has 0 aliphatic heterocycles. The molecule has 0 atom stereocenters. The van der Waals surface area contributed by atoms with Crippen molar-refractivity contribution < 1.29 is 9.59 Å². The third-order valence-corrected chi connectivity index (χ3v) is 5.32. The van der Waals surface area contributed by atoms with Gasteiger partial charge in [-0.15, -0.1) is 11.3 Å². The van der Waals surface area contributed by atoms with E-state index in [0.29, 0.717) is 12.2 Å². The molecule has 0 bridgehead atoms. The van der Waals surface area contributed by atoms with Gasteiger partial charge in [0.15, 0.2) is 0 Å². The van der Waals surface area contributed by atoms with E-state index in [1.807, 2.05) is 48.7 Å². The molecule has 0 saturated heterocycles. The van der Waals surface area contributed by atoms with Crippen LogP contribution in [0.4, 0.5) is 5.69 Å². The monoisotopic (exact) mass is 432 g/mol. The second-order valence-electron chi connectivity index (χ2n) is 6.88. The molecule has 0 fully saturated rings. The van der Waals surface area contributed by atoms with Crippen molar-refractivity contribution in [2.45, 2.75) is 20.0 Å². The average Bonchev–Trinajstić information content (AvgIpc) is 3.45. The Morgan fingerprint density at radius 3 is 2.39 bits per heavy atom. The number of aryl methyl sites for hydroxylation is 1. The van der Waals surface area contributed by atoms with Crippen LogP contribution < -0.4 is 10.6 Å². The lowest BCUT2D eigenvalue weighted by Gasteiger charge is -2.08. The van der Waals surface area contributed by atoms with E-state index in [-0.39, 0.29) is 6.54 Å². The van der Waals surface area contributed by atoms with Gasteiger partial charge in [-0.05, 0) is 30.2 Å². The SMILES string of the molecule is Cc1nc(-c2ccc(NC(=O)C(=O)NCc3ccc(Cn4cncn4)cc3)cc2)cs1. The molecule has 0 aliphatic rings. The van der Waals surface area contributed by atoms with Crippen LogP contribution in [0, 0.1) is 6.92 Å². The highest BCUT2D eigenvalue weighted by Crippen LogP contribution is 2.23. The van der Waals surface area contributed by atoms with E-state index in [9.17, 15) is 9.59 Å². The summed E-state index contributed by atoms with van der Waals surface area (Å²) in [5.74, 6) is -1.40. The summed E-state index contributed by atoms with van der Waals surface area (Å²) in [6.07, 6.45) is 3.14. The van der Waals surface area contributed by atoms with Gasteiger partial charge in [0, 0.05) is 23.2 Å². The largest absolute Gasteiger partial charge is 0.344 e. The van der Waals surface area contributed by atoms with Gasteiger partial charge in [0.1, 0.15) is 12.7 Å². The smallest absolute Gasteiger partial charge is 0.313 e. The van der Waals surface area contributed by atoms with E-state index < -0.39 is 11.8 Å². The summed E-state index contributed by atoms with van der Waals surface area (Å²) in [5, 5.41) is 12.3. The van der Waals surface area contributed by atoms with Crippen LogP contribution in [-0.2, 0) is 22.7 Å². The molecule has 2 N–H and O–H groups in total. The first-order valence-electron chi connectivity index (χ1n) is 9.59. The van der Waals surface area contributed by atoms with E-state index in [1.54, 1.807) is 34.5 Å². The fraction of sp³-hybridized carbons (Fsp3) is 0.136. The Balaban J connectivity index is 1.27. The number of rotatable bonds is 6.